The van der Waals surface area contributed by atoms with Crippen LogP contribution < -0.4 is 5.32 Å². The Hall–Kier alpha value is -2.96. The van der Waals surface area contributed by atoms with E-state index in [4.69, 9.17) is 16.3 Å². The number of halogens is 1. The Bertz CT molecular complexity index is 992. The molecule has 0 heterocycles. The molecule has 0 aliphatic rings. The van der Waals surface area contributed by atoms with Gasteiger partial charge in [-0.3, -0.25) is 4.79 Å². The SMILES string of the molecule is O=C(COC(=O)c1ccccc1O)Nc1ccccc1Sc1ccc(Cl)cc1. The summed E-state index contributed by atoms with van der Waals surface area (Å²) >= 11 is 7.38. The molecule has 0 saturated carbocycles. The average Bonchev–Trinajstić information content (AvgIpc) is 2.70. The second kappa shape index (κ2) is 9.30. The van der Waals surface area contributed by atoms with Crippen molar-refractivity contribution in [2.24, 2.45) is 0 Å². The fourth-order valence-corrected chi connectivity index (χ4v) is 3.36. The minimum Gasteiger partial charge on any atom is -0.507 e. The molecule has 7 heteroatoms. The summed E-state index contributed by atoms with van der Waals surface area (Å²) in [7, 11) is 0. The van der Waals surface area contributed by atoms with Crippen LogP contribution in [0.4, 0.5) is 5.69 Å². The molecule has 28 heavy (non-hydrogen) atoms. The molecule has 0 atom stereocenters. The van der Waals surface area contributed by atoms with Gasteiger partial charge >= 0.3 is 5.97 Å². The quantitative estimate of drug-likeness (QED) is 0.556. The van der Waals surface area contributed by atoms with Gasteiger partial charge in [0.1, 0.15) is 11.3 Å². The van der Waals surface area contributed by atoms with Crippen LogP contribution in [0.25, 0.3) is 0 Å². The monoisotopic (exact) mass is 413 g/mol. The number of phenols is 1. The Morgan fingerprint density at radius 2 is 1.64 bits per heavy atom. The Morgan fingerprint density at radius 3 is 2.39 bits per heavy atom. The van der Waals surface area contributed by atoms with Gasteiger partial charge in [-0.2, -0.15) is 0 Å². The third-order valence-electron chi connectivity index (χ3n) is 3.66. The highest BCUT2D eigenvalue weighted by atomic mass is 35.5. The van der Waals surface area contributed by atoms with Crippen LogP contribution in [0, 0.1) is 0 Å². The maximum Gasteiger partial charge on any atom is 0.342 e. The van der Waals surface area contributed by atoms with E-state index in [1.54, 1.807) is 36.4 Å². The fraction of sp³-hybridized carbons (Fsp3) is 0.0476. The van der Waals surface area contributed by atoms with Crippen LogP contribution in [-0.2, 0) is 9.53 Å². The van der Waals surface area contributed by atoms with E-state index in [2.05, 4.69) is 5.32 Å². The van der Waals surface area contributed by atoms with E-state index < -0.39 is 18.5 Å². The third-order valence-corrected chi connectivity index (χ3v) is 5.00. The lowest BCUT2D eigenvalue weighted by atomic mass is 10.2. The summed E-state index contributed by atoms with van der Waals surface area (Å²) in [5, 5.41) is 13.1. The largest absolute Gasteiger partial charge is 0.507 e. The number of carbonyl (C=O) groups is 2. The van der Waals surface area contributed by atoms with Crippen molar-refractivity contribution in [3.63, 3.8) is 0 Å². The molecule has 1 amide bonds. The Kier molecular flexibility index (Phi) is 6.57. The number of aromatic hydroxyl groups is 1. The lowest BCUT2D eigenvalue weighted by Gasteiger charge is -2.11. The van der Waals surface area contributed by atoms with E-state index >= 15 is 0 Å². The first-order valence-corrected chi connectivity index (χ1v) is 9.50. The van der Waals surface area contributed by atoms with Crippen molar-refractivity contribution in [3.05, 3.63) is 83.4 Å². The summed E-state index contributed by atoms with van der Waals surface area (Å²) < 4.78 is 4.98. The van der Waals surface area contributed by atoms with Gasteiger partial charge in [-0.25, -0.2) is 4.79 Å². The number of ether oxygens (including phenoxy) is 1. The lowest BCUT2D eigenvalue weighted by molar-refractivity contribution is -0.119. The molecule has 3 aromatic rings. The van der Waals surface area contributed by atoms with Crippen molar-refractivity contribution in [3.8, 4) is 5.75 Å². The van der Waals surface area contributed by atoms with Crippen LogP contribution in [0.2, 0.25) is 5.02 Å². The Balaban J connectivity index is 1.62. The molecule has 5 nitrogen and oxygen atoms in total. The number of anilines is 1. The molecule has 3 aromatic carbocycles. The van der Waals surface area contributed by atoms with Gasteiger partial charge in [-0.1, -0.05) is 47.6 Å². The van der Waals surface area contributed by atoms with Crippen molar-refractivity contribution >= 4 is 40.9 Å². The number of esters is 1. The van der Waals surface area contributed by atoms with Crippen LogP contribution in [0.5, 0.6) is 5.75 Å². The summed E-state index contributed by atoms with van der Waals surface area (Å²) in [6, 6.07) is 20.7. The number of para-hydroxylation sites is 2. The minimum absolute atomic E-state index is 0.00833. The van der Waals surface area contributed by atoms with E-state index in [-0.39, 0.29) is 11.3 Å². The van der Waals surface area contributed by atoms with Gasteiger partial charge in [0.15, 0.2) is 6.61 Å². The van der Waals surface area contributed by atoms with Crippen LogP contribution >= 0.6 is 23.4 Å². The molecule has 0 unspecified atom stereocenters. The molecule has 0 aliphatic heterocycles. The summed E-state index contributed by atoms with van der Waals surface area (Å²) in [5.41, 5.74) is 0.611. The van der Waals surface area contributed by atoms with E-state index in [0.717, 1.165) is 9.79 Å². The van der Waals surface area contributed by atoms with Crippen molar-refractivity contribution in [1.82, 2.24) is 0 Å². The summed E-state index contributed by atoms with van der Waals surface area (Å²) in [5.74, 6) is -1.44. The van der Waals surface area contributed by atoms with Gasteiger partial charge in [0.05, 0.1) is 5.69 Å². The van der Waals surface area contributed by atoms with Crippen molar-refractivity contribution < 1.29 is 19.4 Å². The zero-order chi connectivity index (χ0) is 19.9. The van der Waals surface area contributed by atoms with Crippen molar-refractivity contribution in [1.29, 1.82) is 0 Å². The normalized spacial score (nSPS) is 10.3. The lowest BCUT2D eigenvalue weighted by Crippen LogP contribution is -2.21. The number of nitrogens with one attached hydrogen (secondary N) is 1. The van der Waals surface area contributed by atoms with Crippen LogP contribution in [0.1, 0.15) is 10.4 Å². The Labute approximate surface area is 171 Å². The third kappa shape index (κ3) is 5.28. The van der Waals surface area contributed by atoms with Gasteiger partial charge in [-0.15, -0.1) is 0 Å². The molecule has 2 N–H and O–H groups in total. The smallest absolute Gasteiger partial charge is 0.342 e. The standard InChI is InChI=1S/C21H16ClNO4S/c22-14-9-11-15(12-10-14)28-19-8-4-2-6-17(19)23-20(25)13-27-21(26)16-5-1-3-7-18(16)24/h1-12,24H,13H2,(H,23,25). The predicted molar refractivity (Wildman–Crippen MR) is 109 cm³/mol. The van der Waals surface area contributed by atoms with Crippen LogP contribution in [0.3, 0.4) is 0 Å². The average molecular weight is 414 g/mol. The van der Waals surface area contributed by atoms with Crippen molar-refractivity contribution in [2.75, 3.05) is 11.9 Å². The van der Waals surface area contributed by atoms with E-state index in [1.807, 2.05) is 24.3 Å². The zero-order valence-electron chi connectivity index (χ0n) is 14.6. The van der Waals surface area contributed by atoms with E-state index in [1.165, 1.54) is 23.9 Å². The second-order valence-corrected chi connectivity index (χ2v) is 7.25. The molecule has 0 radical (unpaired) electrons. The number of amides is 1. The van der Waals surface area contributed by atoms with Gasteiger partial charge in [0.25, 0.3) is 5.91 Å². The first-order chi connectivity index (χ1) is 13.5. The van der Waals surface area contributed by atoms with Gasteiger partial charge in [0, 0.05) is 14.8 Å². The predicted octanol–water partition coefficient (Wildman–Crippen LogP) is 4.99. The number of hydrogen-bond donors (Lipinski definition) is 2. The molecule has 0 aliphatic carbocycles. The van der Waals surface area contributed by atoms with Crippen LogP contribution in [0.15, 0.2) is 82.6 Å². The number of hydrogen-bond acceptors (Lipinski definition) is 5. The highest BCUT2D eigenvalue weighted by Gasteiger charge is 2.14. The molecular formula is C21H16ClNO4S. The van der Waals surface area contributed by atoms with Crippen LogP contribution in [-0.4, -0.2) is 23.6 Å². The zero-order valence-corrected chi connectivity index (χ0v) is 16.2. The molecule has 0 saturated heterocycles. The molecule has 0 aromatic heterocycles. The highest BCUT2D eigenvalue weighted by molar-refractivity contribution is 7.99. The molecular weight excluding hydrogens is 398 g/mol. The molecule has 3 rings (SSSR count). The first-order valence-electron chi connectivity index (χ1n) is 8.30. The first kappa shape index (κ1) is 19.8. The topological polar surface area (TPSA) is 75.6 Å². The van der Waals surface area contributed by atoms with E-state index in [9.17, 15) is 14.7 Å². The Morgan fingerprint density at radius 1 is 0.964 bits per heavy atom. The van der Waals surface area contributed by atoms with Gasteiger partial charge in [-0.05, 0) is 48.5 Å². The number of carbonyl (C=O) groups excluding carboxylic acids is 2. The number of benzene rings is 3. The summed E-state index contributed by atoms with van der Waals surface area (Å²) in [6.45, 7) is -0.465. The second-order valence-electron chi connectivity index (χ2n) is 5.69. The molecule has 0 bridgehead atoms. The fourth-order valence-electron chi connectivity index (χ4n) is 2.33. The maximum absolute atomic E-state index is 12.2. The summed E-state index contributed by atoms with van der Waals surface area (Å²) in [6.07, 6.45) is 0. The molecule has 0 spiro atoms. The summed E-state index contributed by atoms with van der Waals surface area (Å²) in [4.78, 5) is 26.0. The number of phenolic OH excluding ortho intramolecular Hbond substituents is 1. The van der Waals surface area contributed by atoms with Gasteiger partial charge in [0.2, 0.25) is 0 Å². The van der Waals surface area contributed by atoms with Gasteiger partial charge < -0.3 is 15.2 Å². The molecule has 142 valence electrons. The minimum atomic E-state index is -0.767. The van der Waals surface area contributed by atoms with Crippen molar-refractivity contribution in [2.45, 2.75) is 9.79 Å². The maximum atomic E-state index is 12.2. The highest BCUT2D eigenvalue weighted by Crippen LogP contribution is 2.33. The van der Waals surface area contributed by atoms with E-state index in [0.29, 0.717) is 10.7 Å². The molecule has 0 fully saturated rings. The number of rotatable bonds is 6.